The number of piperazine rings is 1. The summed E-state index contributed by atoms with van der Waals surface area (Å²) in [4.78, 5) is 46.2. The second-order valence-corrected chi connectivity index (χ2v) is 9.27. The van der Waals surface area contributed by atoms with E-state index in [2.05, 4.69) is 11.0 Å². The van der Waals surface area contributed by atoms with E-state index in [4.69, 9.17) is 0 Å². The van der Waals surface area contributed by atoms with Gasteiger partial charge in [-0.1, -0.05) is 35.9 Å². The van der Waals surface area contributed by atoms with Crippen molar-refractivity contribution in [3.63, 3.8) is 0 Å². The Morgan fingerprint density at radius 1 is 0.939 bits per heavy atom. The number of hydrogen-bond donors (Lipinski definition) is 0. The van der Waals surface area contributed by atoms with Gasteiger partial charge in [-0.15, -0.1) is 0 Å². The summed E-state index contributed by atoms with van der Waals surface area (Å²) in [6.45, 7) is 6.11. The van der Waals surface area contributed by atoms with Crippen LogP contribution in [0.2, 0.25) is 0 Å². The minimum absolute atomic E-state index is 0.00679. The molecule has 1 unspecified atom stereocenters. The first kappa shape index (κ1) is 21.6. The fraction of sp³-hybridized carbons (Fsp3) is 0.423. The van der Waals surface area contributed by atoms with Gasteiger partial charge in [0, 0.05) is 57.1 Å². The molecule has 0 saturated carbocycles. The largest absolute Gasteiger partial charge is 0.340 e. The van der Waals surface area contributed by atoms with Crippen LogP contribution >= 0.6 is 0 Å². The first-order chi connectivity index (χ1) is 16.0. The highest BCUT2D eigenvalue weighted by atomic mass is 16.2. The molecule has 0 bridgehead atoms. The molecule has 0 N–H and O–H groups in total. The molecule has 172 valence electrons. The quantitative estimate of drug-likeness (QED) is 0.722. The topological polar surface area (TPSA) is 64.2 Å². The maximum absolute atomic E-state index is 13.1. The van der Waals surface area contributed by atoms with Gasteiger partial charge in [-0.2, -0.15) is 0 Å². The third kappa shape index (κ3) is 4.37. The second-order valence-electron chi connectivity index (χ2n) is 9.27. The lowest BCUT2D eigenvalue weighted by molar-refractivity contribution is -0.137. The van der Waals surface area contributed by atoms with Gasteiger partial charge in [-0.05, 0) is 37.1 Å². The van der Waals surface area contributed by atoms with Crippen molar-refractivity contribution < 1.29 is 14.4 Å². The standard InChI is InChI=1S/C26H30N4O3/c1-19-6-8-22(9-7-19)30-17-21(16-24(30)31)26(33)28-14-12-27(13-15-28)18-25(32)29-11-10-20-4-2-3-5-23(20)29/h2-9,21H,10-18H2,1H3. The molecule has 0 spiro atoms. The van der Waals surface area contributed by atoms with Crippen molar-refractivity contribution in [2.24, 2.45) is 5.92 Å². The number of anilines is 2. The van der Waals surface area contributed by atoms with Crippen molar-refractivity contribution >= 4 is 29.1 Å². The Kier molecular flexibility index (Phi) is 5.89. The summed E-state index contributed by atoms with van der Waals surface area (Å²) in [6, 6.07) is 15.9. The van der Waals surface area contributed by atoms with Gasteiger partial charge in [0.1, 0.15) is 0 Å². The fourth-order valence-electron chi connectivity index (χ4n) is 5.11. The van der Waals surface area contributed by atoms with Gasteiger partial charge in [0.05, 0.1) is 12.5 Å². The lowest BCUT2D eigenvalue weighted by atomic mass is 10.1. The zero-order chi connectivity index (χ0) is 22.9. The van der Waals surface area contributed by atoms with Crippen molar-refractivity contribution in [3.8, 4) is 0 Å². The molecule has 3 heterocycles. The minimum Gasteiger partial charge on any atom is -0.340 e. The summed E-state index contributed by atoms with van der Waals surface area (Å²) in [5.74, 6) is -0.118. The predicted octanol–water partition coefficient (Wildman–Crippen LogP) is 2.08. The Labute approximate surface area is 194 Å². The third-order valence-corrected chi connectivity index (χ3v) is 7.05. The number of para-hydroxylation sites is 1. The van der Waals surface area contributed by atoms with Gasteiger partial charge < -0.3 is 14.7 Å². The van der Waals surface area contributed by atoms with Crippen LogP contribution in [-0.2, 0) is 20.8 Å². The van der Waals surface area contributed by atoms with E-state index in [-0.39, 0.29) is 30.1 Å². The maximum atomic E-state index is 13.1. The number of hydrogen-bond acceptors (Lipinski definition) is 4. The van der Waals surface area contributed by atoms with Crippen LogP contribution in [0.5, 0.6) is 0 Å². The maximum Gasteiger partial charge on any atom is 0.241 e. The highest BCUT2D eigenvalue weighted by molar-refractivity contribution is 6.00. The Balaban J connectivity index is 1.13. The Bertz CT molecular complexity index is 1060. The van der Waals surface area contributed by atoms with E-state index in [1.807, 2.05) is 59.2 Å². The van der Waals surface area contributed by atoms with Crippen LogP contribution in [0.15, 0.2) is 48.5 Å². The molecule has 2 aromatic rings. The smallest absolute Gasteiger partial charge is 0.241 e. The number of carbonyl (C=O) groups excluding carboxylic acids is 3. The van der Waals surface area contributed by atoms with E-state index >= 15 is 0 Å². The minimum atomic E-state index is -0.298. The SMILES string of the molecule is Cc1ccc(N2CC(C(=O)N3CCN(CC(=O)N4CCc5ccccc54)CC3)CC2=O)cc1. The van der Waals surface area contributed by atoms with Crippen LogP contribution in [-0.4, -0.2) is 73.3 Å². The van der Waals surface area contributed by atoms with Gasteiger partial charge in [0.25, 0.3) is 0 Å². The predicted molar refractivity (Wildman–Crippen MR) is 127 cm³/mol. The number of aryl methyl sites for hydroxylation is 1. The lowest BCUT2D eigenvalue weighted by Gasteiger charge is -2.36. The molecule has 0 aromatic heterocycles. The lowest BCUT2D eigenvalue weighted by Crippen LogP contribution is -2.52. The van der Waals surface area contributed by atoms with Crippen molar-refractivity contribution in [2.75, 3.05) is 55.6 Å². The molecule has 0 aliphatic carbocycles. The molecule has 5 rings (SSSR count). The Hall–Kier alpha value is -3.19. The molecule has 2 fully saturated rings. The van der Waals surface area contributed by atoms with Crippen molar-refractivity contribution in [1.82, 2.24) is 9.80 Å². The number of carbonyl (C=O) groups is 3. The number of rotatable bonds is 4. The molecule has 7 heteroatoms. The molecule has 1 atom stereocenters. The summed E-state index contributed by atoms with van der Waals surface area (Å²) in [5.41, 5.74) is 4.25. The average Bonchev–Trinajstić information content (AvgIpc) is 3.43. The molecule has 3 amide bonds. The molecule has 2 aromatic carbocycles. The number of benzene rings is 2. The van der Waals surface area contributed by atoms with Crippen LogP contribution in [0.3, 0.4) is 0 Å². The first-order valence-corrected chi connectivity index (χ1v) is 11.8. The van der Waals surface area contributed by atoms with Crippen LogP contribution in [0.1, 0.15) is 17.5 Å². The molecular formula is C26H30N4O3. The van der Waals surface area contributed by atoms with Crippen LogP contribution in [0.4, 0.5) is 11.4 Å². The summed E-state index contributed by atoms with van der Waals surface area (Å²) >= 11 is 0. The van der Waals surface area contributed by atoms with E-state index in [9.17, 15) is 14.4 Å². The highest BCUT2D eigenvalue weighted by Gasteiger charge is 2.38. The van der Waals surface area contributed by atoms with E-state index in [0.717, 1.165) is 29.9 Å². The van der Waals surface area contributed by atoms with Gasteiger partial charge in [0.15, 0.2) is 0 Å². The van der Waals surface area contributed by atoms with E-state index < -0.39 is 0 Å². The first-order valence-electron chi connectivity index (χ1n) is 11.8. The summed E-state index contributed by atoms with van der Waals surface area (Å²) < 4.78 is 0. The third-order valence-electron chi connectivity index (χ3n) is 7.05. The van der Waals surface area contributed by atoms with Gasteiger partial charge in [-0.3, -0.25) is 19.3 Å². The zero-order valence-electron chi connectivity index (χ0n) is 19.1. The highest BCUT2D eigenvalue weighted by Crippen LogP contribution is 2.28. The second kappa shape index (κ2) is 8.98. The fourth-order valence-corrected chi connectivity index (χ4v) is 5.11. The van der Waals surface area contributed by atoms with E-state index in [0.29, 0.717) is 39.3 Å². The summed E-state index contributed by atoms with van der Waals surface area (Å²) in [5, 5.41) is 0. The molecule has 3 aliphatic heterocycles. The van der Waals surface area contributed by atoms with Gasteiger partial charge in [0.2, 0.25) is 17.7 Å². The number of fused-ring (bicyclic) bond motifs is 1. The summed E-state index contributed by atoms with van der Waals surface area (Å²) in [7, 11) is 0. The molecule has 33 heavy (non-hydrogen) atoms. The van der Waals surface area contributed by atoms with Crippen molar-refractivity contribution in [1.29, 1.82) is 0 Å². The zero-order valence-corrected chi connectivity index (χ0v) is 19.1. The molecule has 0 radical (unpaired) electrons. The van der Waals surface area contributed by atoms with Crippen LogP contribution < -0.4 is 9.80 Å². The van der Waals surface area contributed by atoms with Gasteiger partial charge in [-0.25, -0.2) is 0 Å². The molecule has 3 aliphatic rings. The molecule has 2 saturated heterocycles. The van der Waals surface area contributed by atoms with E-state index in [1.54, 1.807) is 4.90 Å². The Morgan fingerprint density at radius 3 is 2.42 bits per heavy atom. The molecule has 7 nitrogen and oxygen atoms in total. The van der Waals surface area contributed by atoms with Gasteiger partial charge >= 0.3 is 0 Å². The number of nitrogens with zero attached hydrogens (tertiary/aromatic N) is 4. The Morgan fingerprint density at radius 2 is 1.67 bits per heavy atom. The van der Waals surface area contributed by atoms with Crippen molar-refractivity contribution in [2.45, 2.75) is 19.8 Å². The van der Waals surface area contributed by atoms with E-state index in [1.165, 1.54) is 5.56 Å². The number of amides is 3. The normalized spacial score (nSPS) is 20.9. The summed E-state index contributed by atoms with van der Waals surface area (Å²) in [6.07, 6.45) is 1.17. The van der Waals surface area contributed by atoms with Crippen LogP contribution in [0.25, 0.3) is 0 Å². The average molecular weight is 447 g/mol. The van der Waals surface area contributed by atoms with Crippen LogP contribution in [0, 0.1) is 12.8 Å². The van der Waals surface area contributed by atoms with Crippen molar-refractivity contribution in [3.05, 3.63) is 59.7 Å². The monoisotopic (exact) mass is 446 g/mol. The molecular weight excluding hydrogens is 416 g/mol.